The quantitative estimate of drug-likeness (QED) is 0.562. The number of aromatic nitrogens is 1. The average molecular weight is 383 g/mol. The summed E-state index contributed by atoms with van der Waals surface area (Å²) < 4.78 is 77.3. The molecule has 1 N–H and O–H groups in total. The van der Waals surface area contributed by atoms with Crippen LogP contribution in [0, 0.1) is 0 Å². The molecular formula is C19H11F6NO. The van der Waals surface area contributed by atoms with Gasteiger partial charge < -0.3 is 4.98 Å². The van der Waals surface area contributed by atoms with Crippen LogP contribution < -0.4 is 5.43 Å². The van der Waals surface area contributed by atoms with Gasteiger partial charge in [0.25, 0.3) is 0 Å². The van der Waals surface area contributed by atoms with Gasteiger partial charge in [-0.1, -0.05) is 24.3 Å². The molecule has 8 heteroatoms. The fraction of sp³-hybridized carbons (Fsp3) is 0.105. The molecule has 0 amide bonds. The van der Waals surface area contributed by atoms with Crippen LogP contribution in [0.2, 0.25) is 0 Å². The molecule has 2 aromatic carbocycles. The number of hydrogen-bond donors (Lipinski definition) is 1. The molecule has 1 aromatic heterocycles. The summed E-state index contributed by atoms with van der Waals surface area (Å²) in [6.07, 6.45) is -9.12. The van der Waals surface area contributed by atoms with Gasteiger partial charge in [0.2, 0.25) is 0 Å². The molecule has 0 aliphatic heterocycles. The van der Waals surface area contributed by atoms with Gasteiger partial charge in [-0.25, -0.2) is 0 Å². The topological polar surface area (TPSA) is 32.9 Å². The van der Waals surface area contributed by atoms with Crippen LogP contribution in [0.5, 0.6) is 0 Å². The number of halogens is 6. The third-order valence-corrected chi connectivity index (χ3v) is 3.84. The van der Waals surface area contributed by atoms with Gasteiger partial charge in [0, 0.05) is 23.5 Å². The maximum atomic E-state index is 12.9. The molecule has 1 heterocycles. The number of hydrogen-bond acceptors (Lipinski definition) is 1. The highest BCUT2D eigenvalue weighted by Crippen LogP contribution is 2.33. The van der Waals surface area contributed by atoms with E-state index in [9.17, 15) is 31.1 Å². The molecule has 27 heavy (non-hydrogen) atoms. The van der Waals surface area contributed by atoms with Crippen molar-refractivity contribution in [1.82, 2.24) is 4.98 Å². The van der Waals surface area contributed by atoms with Gasteiger partial charge in [-0.2, -0.15) is 26.3 Å². The number of alkyl halides is 6. The smallest absolute Gasteiger partial charge is 0.354 e. The van der Waals surface area contributed by atoms with Crippen LogP contribution in [-0.4, -0.2) is 4.98 Å². The second kappa shape index (κ2) is 6.61. The molecule has 0 unspecified atom stereocenters. The monoisotopic (exact) mass is 383 g/mol. The lowest BCUT2D eigenvalue weighted by Gasteiger charge is -2.11. The first-order valence-corrected chi connectivity index (χ1v) is 7.64. The Hall–Kier alpha value is -3.03. The van der Waals surface area contributed by atoms with Crippen molar-refractivity contribution in [2.45, 2.75) is 12.4 Å². The fourth-order valence-electron chi connectivity index (χ4n) is 2.58. The van der Waals surface area contributed by atoms with E-state index in [1.165, 1.54) is 24.3 Å². The van der Waals surface area contributed by atoms with E-state index in [0.717, 1.165) is 36.4 Å². The summed E-state index contributed by atoms with van der Waals surface area (Å²) in [5.41, 5.74) is -2.02. The zero-order valence-corrected chi connectivity index (χ0v) is 13.4. The molecule has 2 nitrogen and oxygen atoms in total. The molecule has 0 bridgehead atoms. The predicted octanol–water partition coefficient (Wildman–Crippen LogP) is 5.75. The van der Waals surface area contributed by atoms with E-state index in [1.54, 1.807) is 0 Å². The van der Waals surface area contributed by atoms with Crippen molar-refractivity contribution in [2.24, 2.45) is 0 Å². The summed E-state index contributed by atoms with van der Waals surface area (Å²) in [5.74, 6) is 0. The summed E-state index contributed by atoms with van der Waals surface area (Å²) >= 11 is 0. The van der Waals surface area contributed by atoms with Gasteiger partial charge >= 0.3 is 12.4 Å². The SMILES string of the molecule is O=c1cc(-c2cccc(C(F)(F)F)c2)[nH]c(-c2cccc(C(F)(F)F)c2)c1. The van der Waals surface area contributed by atoms with Crippen LogP contribution in [0.1, 0.15) is 11.1 Å². The third-order valence-electron chi connectivity index (χ3n) is 3.84. The van der Waals surface area contributed by atoms with E-state index >= 15 is 0 Å². The maximum Gasteiger partial charge on any atom is 0.416 e. The lowest BCUT2D eigenvalue weighted by atomic mass is 10.0. The van der Waals surface area contributed by atoms with E-state index in [1.807, 2.05) is 0 Å². The molecule has 0 aliphatic rings. The summed E-state index contributed by atoms with van der Waals surface area (Å²) in [5, 5.41) is 0. The second-order valence-electron chi connectivity index (χ2n) is 5.80. The molecule has 0 saturated carbocycles. The number of nitrogens with one attached hydrogen (secondary N) is 1. The van der Waals surface area contributed by atoms with E-state index < -0.39 is 28.9 Å². The fourth-order valence-corrected chi connectivity index (χ4v) is 2.58. The minimum absolute atomic E-state index is 0.0704. The molecule has 3 rings (SSSR count). The Bertz CT molecular complexity index is 954. The Labute approximate surface area is 149 Å². The van der Waals surface area contributed by atoms with Crippen LogP contribution in [0.15, 0.2) is 65.5 Å². The van der Waals surface area contributed by atoms with Crippen LogP contribution in [0.25, 0.3) is 22.5 Å². The molecule has 3 aromatic rings. The lowest BCUT2D eigenvalue weighted by molar-refractivity contribution is -0.138. The summed E-state index contributed by atoms with van der Waals surface area (Å²) in [4.78, 5) is 14.7. The summed E-state index contributed by atoms with van der Waals surface area (Å²) in [6, 6.07) is 10.8. The molecule has 140 valence electrons. The first-order valence-electron chi connectivity index (χ1n) is 7.64. The Morgan fingerprint density at radius 2 is 1.04 bits per heavy atom. The molecule has 0 saturated heterocycles. The van der Waals surface area contributed by atoms with Crippen LogP contribution >= 0.6 is 0 Å². The number of H-pyrrole nitrogens is 1. The minimum Gasteiger partial charge on any atom is -0.354 e. The van der Waals surface area contributed by atoms with Crippen molar-refractivity contribution in [3.63, 3.8) is 0 Å². The second-order valence-corrected chi connectivity index (χ2v) is 5.80. The van der Waals surface area contributed by atoms with Crippen LogP contribution in [-0.2, 0) is 12.4 Å². The van der Waals surface area contributed by atoms with Gasteiger partial charge in [-0.15, -0.1) is 0 Å². The van der Waals surface area contributed by atoms with Gasteiger partial charge in [0.15, 0.2) is 5.43 Å². The molecule has 0 radical (unpaired) electrons. The van der Waals surface area contributed by atoms with Gasteiger partial charge in [0.1, 0.15) is 0 Å². The lowest BCUT2D eigenvalue weighted by Crippen LogP contribution is -2.07. The standard InChI is InChI=1S/C19H11F6NO/c20-18(21,22)13-5-1-3-11(7-13)16-9-15(27)10-17(26-16)12-4-2-6-14(8-12)19(23,24)25/h1-10H,(H,26,27). The highest BCUT2D eigenvalue weighted by atomic mass is 19.4. The molecule has 0 fully saturated rings. The van der Waals surface area contributed by atoms with Crippen molar-refractivity contribution in [3.8, 4) is 22.5 Å². The number of aromatic amines is 1. The van der Waals surface area contributed by atoms with Gasteiger partial charge in [-0.3, -0.25) is 4.79 Å². The normalized spacial score (nSPS) is 12.2. The Morgan fingerprint density at radius 1 is 0.630 bits per heavy atom. The number of benzene rings is 2. The highest BCUT2D eigenvalue weighted by molar-refractivity contribution is 5.67. The summed E-state index contributed by atoms with van der Waals surface area (Å²) in [6.45, 7) is 0. The van der Waals surface area contributed by atoms with Crippen molar-refractivity contribution in [1.29, 1.82) is 0 Å². The first kappa shape index (κ1) is 18.8. The number of pyridine rings is 1. The Morgan fingerprint density at radius 3 is 1.41 bits per heavy atom. The summed E-state index contributed by atoms with van der Waals surface area (Å²) in [7, 11) is 0. The Kier molecular flexibility index (Phi) is 4.59. The zero-order chi connectivity index (χ0) is 19.8. The van der Waals surface area contributed by atoms with Crippen molar-refractivity contribution < 1.29 is 26.3 Å². The highest BCUT2D eigenvalue weighted by Gasteiger charge is 2.31. The molecule has 0 aliphatic carbocycles. The van der Waals surface area contributed by atoms with Gasteiger partial charge in [-0.05, 0) is 35.4 Å². The largest absolute Gasteiger partial charge is 0.416 e. The molecular weight excluding hydrogens is 372 g/mol. The molecule has 0 spiro atoms. The van der Waals surface area contributed by atoms with Crippen molar-refractivity contribution >= 4 is 0 Å². The van der Waals surface area contributed by atoms with E-state index in [4.69, 9.17) is 0 Å². The van der Waals surface area contributed by atoms with Gasteiger partial charge in [0.05, 0.1) is 11.1 Å². The van der Waals surface area contributed by atoms with E-state index in [-0.39, 0.29) is 22.5 Å². The minimum atomic E-state index is -4.56. The van der Waals surface area contributed by atoms with Crippen molar-refractivity contribution in [2.75, 3.05) is 0 Å². The van der Waals surface area contributed by atoms with Crippen molar-refractivity contribution in [3.05, 3.63) is 82.0 Å². The zero-order valence-electron chi connectivity index (χ0n) is 13.4. The predicted molar refractivity (Wildman–Crippen MR) is 87.9 cm³/mol. The number of rotatable bonds is 2. The Balaban J connectivity index is 2.10. The maximum absolute atomic E-state index is 12.9. The van der Waals surface area contributed by atoms with E-state index in [0.29, 0.717) is 0 Å². The third kappa shape index (κ3) is 4.21. The van der Waals surface area contributed by atoms with Crippen LogP contribution in [0.4, 0.5) is 26.3 Å². The first-order chi connectivity index (χ1) is 12.5. The molecule has 0 atom stereocenters. The van der Waals surface area contributed by atoms with Crippen LogP contribution in [0.3, 0.4) is 0 Å². The van der Waals surface area contributed by atoms with E-state index in [2.05, 4.69) is 4.98 Å². The average Bonchev–Trinajstić information content (AvgIpc) is 2.60.